The summed E-state index contributed by atoms with van der Waals surface area (Å²) in [5.41, 5.74) is -0.500. The molecule has 2 saturated heterocycles. The number of amides is 5. The molecule has 14 N–H and O–H groups in total. The van der Waals surface area contributed by atoms with Crippen LogP contribution in [0.15, 0.2) is 0 Å². The molecule has 7 unspecified atom stereocenters. The summed E-state index contributed by atoms with van der Waals surface area (Å²) in [6.07, 6.45) is -5.74. The van der Waals surface area contributed by atoms with E-state index in [0.29, 0.717) is 90.1 Å². The third kappa shape index (κ3) is 33.7. The van der Waals surface area contributed by atoms with Crippen LogP contribution in [0.5, 0.6) is 0 Å². The number of aliphatic hydroxyl groups excluding tert-OH is 9. The zero-order chi connectivity index (χ0) is 70.9. The molecule has 1 aliphatic carbocycles. The van der Waals surface area contributed by atoms with Crippen LogP contribution in [0.2, 0.25) is 0 Å². The summed E-state index contributed by atoms with van der Waals surface area (Å²) in [5, 5.41) is 104. The topological polar surface area (TPSA) is 460 Å². The molecule has 2 heterocycles. The predicted molar refractivity (Wildman–Crippen MR) is 341 cm³/mol. The zero-order valence-corrected chi connectivity index (χ0v) is 56.8. The Balaban J connectivity index is 0.0000152. The average molecular weight is 1370 g/mol. The molecule has 0 aromatic heterocycles. The van der Waals surface area contributed by atoms with Gasteiger partial charge in [0.25, 0.3) is 0 Å². The molecule has 0 bridgehead atoms. The average Bonchev–Trinajstić information content (AvgIpc) is 0.839. The van der Waals surface area contributed by atoms with Crippen molar-refractivity contribution in [3.63, 3.8) is 0 Å². The van der Waals surface area contributed by atoms with Crippen molar-refractivity contribution in [1.82, 2.24) is 26.6 Å². The van der Waals surface area contributed by atoms with Gasteiger partial charge in [-0.25, -0.2) is 0 Å². The molecule has 0 spiro atoms. The van der Waals surface area contributed by atoms with Crippen LogP contribution < -0.4 is 26.6 Å². The SMILES string of the molecule is CC.CCC(CCCCC(=O)NCCCCC(=O)CCO[C@@H]1OC(CO)[C@H](O)[C@H](O)C1NC(C)=O)(COCCC(=O)CCCCCC(=O)CCO[C@@H]1CC(CO)[C@H](O)[C@H](O)C1NC(C)=O)COCCC(=O)CCCCNC(=O)CCO[C@@H]1OC(CO)[C@H](O)[C@H](O)C1NC(C)=O. The summed E-state index contributed by atoms with van der Waals surface area (Å²) in [4.78, 5) is 112. The summed E-state index contributed by atoms with van der Waals surface area (Å²) in [5.74, 6) is -2.75. The fourth-order valence-corrected chi connectivity index (χ4v) is 11.3. The smallest absolute Gasteiger partial charge is 0.222 e. The maximum absolute atomic E-state index is 12.9. The molecular weight excluding hydrogens is 1250 g/mol. The zero-order valence-electron chi connectivity index (χ0n) is 56.8. The Kier molecular flexibility index (Phi) is 44.6. The molecule has 3 aliphatic rings. The quantitative estimate of drug-likeness (QED) is 0.0335. The van der Waals surface area contributed by atoms with E-state index < -0.39 is 128 Å². The standard InChI is InChI=1S/C63H109N5O25.C2H6/c1-5-63(25-12-9-19-50(79)64-26-13-11-18-46(78)23-31-90-61-53(67-40(3)73)59(85)56(82)48(35-70)92-61,37-87-28-20-43(75)15-7-6-8-16-45(77)22-30-89-47-33-42(34-69)55(81)58(84)52(47)66-39(2)72)38-88-29-21-44(76)17-10-14-27-65-51(80)24-32-91-62-54(68-41(4)74)60(86)57(83)49(36-71)93-62;1-2/h42,47-49,52-62,69-71,81-86H,5-38H2,1-4H3,(H,64,79)(H,65,80)(H,66,72)(H,67,73)(H,68,74);1-2H3/t42?,47-,48?,49?,52?,53?,54?,55+,56+,57+,58-,59-,60-,61-,62-,63?;/m1./s1. The number of carbonyl (C=O) groups excluding carboxylic acids is 9. The molecule has 2 aliphatic heterocycles. The van der Waals surface area contributed by atoms with Gasteiger partial charge in [-0.05, 0) is 64.2 Å². The van der Waals surface area contributed by atoms with Crippen molar-refractivity contribution in [3.8, 4) is 0 Å². The third-order valence-corrected chi connectivity index (χ3v) is 17.0. The number of hydrogen-bond acceptors (Lipinski definition) is 25. The molecule has 30 heteroatoms. The van der Waals surface area contributed by atoms with Gasteiger partial charge in [-0.2, -0.15) is 0 Å². The minimum atomic E-state index is -1.48. The first-order chi connectivity index (χ1) is 45.4. The number of rotatable bonds is 50. The Hall–Kier alpha value is -4.61. The van der Waals surface area contributed by atoms with Crippen molar-refractivity contribution >= 4 is 52.7 Å². The first kappa shape index (κ1) is 86.5. The Morgan fingerprint density at radius 1 is 0.432 bits per heavy atom. The van der Waals surface area contributed by atoms with Gasteiger partial charge >= 0.3 is 0 Å². The molecule has 95 heavy (non-hydrogen) atoms. The highest BCUT2D eigenvalue weighted by atomic mass is 16.7. The molecule has 5 amide bonds. The summed E-state index contributed by atoms with van der Waals surface area (Å²) < 4.78 is 40.4. The van der Waals surface area contributed by atoms with Gasteiger partial charge in [0, 0.05) is 110 Å². The van der Waals surface area contributed by atoms with E-state index in [0.717, 1.165) is 0 Å². The lowest BCUT2D eigenvalue weighted by atomic mass is 9.79. The molecule has 30 nitrogen and oxygen atoms in total. The van der Waals surface area contributed by atoms with Crippen molar-refractivity contribution < 1.29 is 122 Å². The van der Waals surface area contributed by atoms with E-state index >= 15 is 0 Å². The van der Waals surface area contributed by atoms with E-state index in [2.05, 4.69) is 26.6 Å². The van der Waals surface area contributed by atoms with Crippen molar-refractivity contribution in [2.24, 2.45) is 11.3 Å². The number of unbranched alkanes of at least 4 members (excludes halogenated alkanes) is 5. The lowest BCUT2D eigenvalue weighted by Gasteiger charge is -2.42. The van der Waals surface area contributed by atoms with Crippen LogP contribution in [0.25, 0.3) is 0 Å². The van der Waals surface area contributed by atoms with E-state index in [1.165, 1.54) is 20.8 Å². The van der Waals surface area contributed by atoms with Crippen molar-refractivity contribution in [3.05, 3.63) is 0 Å². The van der Waals surface area contributed by atoms with Gasteiger partial charge in [0.15, 0.2) is 12.6 Å². The molecule has 0 aromatic carbocycles. The summed E-state index contributed by atoms with van der Waals surface area (Å²) in [6.45, 7) is 9.40. The predicted octanol–water partition coefficient (Wildman–Crippen LogP) is -0.703. The van der Waals surface area contributed by atoms with Crippen LogP contribution in [-0.4, -0.2) is 263 Å². The summed E-state index contributed by atoms with van der Waals surface area (Å²) in [6, 6.07) is -3.15. The Labute approximate surface area is 558 Å². The highest BCUT2D eigenvalue weighted by molar-refractivity contribution is 5.80. The van der Waals surface area contributed by atoms with Gasteiger partial charge in [0.2, 0.25) is 29.5 Å². The second-order valence-corrected chi connectivity index (χ2v) is 24.6. The van der Waals surface area contributed by atoms with Crippen LogP contribution in [0.4, 0.5) is 0 Å². The first-order valence-electron chi connectivity index (χ1n) is 34.0. The Morgan fingerprint density at radius 2 is 0.811 bits per heavy atom. The maximum atomic E-state index is 12.9. The first-order valence-corrected chi connectivity index (χ1v) is 34.0. The molecule has 3 rings (SSSR count). The number of hydrogen-bond donors (Lipinski definition) is 14. The third-order valence-electron chi connectivity index (χ3n) is 17.0. The summed E-state index contributed by atoms with van der Waals surface area (Å²) in [7, 11) is 0. The second kappa shape index (κ2) is 49.0. The molecule has 0 aromatic rings. The van der Waals surface area contributed by atoms with Crippen molar-refractivity contribution in [2.75, 3.05) is 79.2 Å². The highest BCUT2D eigenvalue weighted by Gasteiger charge is 2.47. The van der Waals surface area contributed by atoms with Gasteiger partial charge in [0.05, 0.1) is 84.1 Å². The Morgan fingerprint density at radius 3 is 1.23 bits per heavy atom. The largest absolute Gasteiger partial charge is 0.396 e. The fourth-order valence-electron chi connectivity index (χ4n) is 11.3. The molecule has 1 saturated carbocycles. The van der Waals surface area contributed by atoms with Crippen LogP contribution in [0.3, 0.4) is 0 Å². The van der Waals surface area contributed by atoms with Gasteiger partial charge in [0.1, 0.15) is 77.9 Å². The van der Waals surface area contributed by atoms with Crippen molar-refractivity contribution in [1.29, 1.82) is 0 Å². The van der Waals surface area contributed by atoms with Gasteiger partial charge in [-0.15, -0.1) is 0 Å². The van der Waals surface area contributed by atoms with E-state index in [1.54, 1.807) is 0 Å². The van der Waals surface area contributed by atoms with E-state index in [4.69, 9.17) is 33.2 Å². The van der Waals surface area contributed by atoms with Gasteiger partial charge in [-0.3, -0.25) is 43.2 Å². The number of carbonyl (C=O) groups is 9. The molecular formula is C65H115N5O25. The fraction of sp³-hybridized carbons (Fsp3) is 0.862. The van der Waals surface area contributed by atoms with Crippen LogP contribution >= 0.6 is 0 Å². The molecule has 0 radical (unpaired) electrons. The molecule has 3 fully saturated rings. The minimum Gasteiger partial charge on any atom is -0.396 e. The normalized spacial score (nSPS) is 26.4. The van der Waals surface area contributed by atoms with E-state index in [1.807, 2.05) is 20.8 Å². The second-order valence-electron chi connectivity index (χ2n) is 24.6. The number of nitrogens with one attached hydrogen (secondary N) is 5. The number of Topliss-reactive ketones (excluding diaryl/α,β-unsaturated/α-hetero) is 4. The maximum Gasteiger partial charge on any atom is 0.222 e. The molecule has 550 valence electrons. The highest BCUT2D eigenvalue weighted by Crippen LogP contribution is 2.32. The van der Waals surface area contributed by atoms with Crippen LogP contribution in [-0.2, 0) is 76.3 Å². The van der Waals surface area contributed by atoms with Gasteiger partial charge < -0.3 is 106 Å². The van der Waals surface area contributed by atoms with Gasteiger partial charge in [-0.1, -0.05) is 33.6 Å². The number of ketones is 4. The Bertz CT molecular complexity index is 2020. The van der Waals surface area contributed by atoms with Crippen LogP contribution in [0, 0.1) is 11.3 Å². The monoisotopic (exact) mass is 1370 g/mol. The lowest BCUT2D eigenvalue weighted by molar-refractivity contribution is -0.270. The minimum absolute atomic E-state index is 0.00916. The van der Waals surface area contributed by atoms with Crippen molar-refractivity contribution in [2.45, 2.75) is 268 Å². The van der Waals surface area contributed by atoms with E-state index in [9.17, 15) is 89.1 Å². The van der Waals surface area contributed by atoms with E-state index in [-0.39, 0.29) is 152 Å². The van der Waals surface area contributed by atoms with Crippen LogP contribution in [0.1, 0.15) is 183 Å². The number of aliphatic hydroxyl groups is 9. The lowest BCUT2D eigenvalue weighted by Crippen LogP contribution is -2.64. The summed E-state index contributed by atoms with van der Waals surface area (Å²) >= 11 is 0. The number of ether oxygens (including phenoxy) is 7. The molecule has 16 atom stereocenters.